The first-order valence-corrected chi connectivity index (χ1v) is 9.69. The number of rotatable bonds is 4. The number of likely N-dealkylation sites (tertiary alicyclic amines) is 1. The lowest BCUT2D eigenvalue weighted by Crippen LogP contribution is -2.34. The van der Waals surface area contributed by atoms with E-state index in [1.165, 1.54) is 0 Å². The summed E-state index contributed by atoms with van der Waals surface area (Å²) in [6.07, 6.45) is 1.60. The predicted molar refractivity (Wildman–Crippen MR) is 105 cm³/mol. The summed E-state index contributed by atoms with van der Waals surface area (Å²) < 4.78 is 16.2. The molecule has 0 N–H and O–H groups in total. The van der Waals surface area contributed by atoms with Crippen molar-refractivity contribution in [3.8, 4) is 5.75 Å². The van der Waals surface area contributed by atoms with E-state index in [0.29, 0.717) is 34.4 Å². The molecular weight excluding hydrogens is 398 g/mol. The molecule has 4 rings (SSSR count). The number of carbonyl (C=O) groups excluding carboxylic acids is 1. The van der Waals surface area contributed by atoms with Gasteiger partial charge in [-0.25, -0.2) is 4.79 Å². The number of hydrogen-bond donors (Lipinski definition) is 0. The minimum Gasteiger partial charge on any atom is -0.482 e. The second-order valence-corrected chi connectivity index (χ2v) is 7.54. The minimum atomic E-state index is -0.408. The average molecular weight is 418 g/mol. The Morgan fingerprint density at radius 3 is 2.83 bits per heavy atom. The number of aromatic nitrogens is 2. The third-order valence-electron chi connectivity index (χ3n) is 5.26. The highest BCUT2D eigenvalue weighted by Crippen LogP contribution is 2.33. The van der Waals surface area contributed by atoms with Crippen LogP contribution in [-0.2, 0) is 4.79 Å². The van der Waals surface area contributed by atoms with Crippen LogP contribution in [0.4, 0.5) is 0 Å². The van der Waals surface area contributed by atoms with Gasteiger partial charge in [-0.3, -0.25) is 4.79 Å². The maximum absolute atomic E-state index is 12.7. The van der Waals surface area contributed by atoms with E-state index in [4.69, 9.17) is 25.3 Å². The van der Waals surface area contributed by atoms with Crippen LogP contribution in [0.2, 0.25) is 5.02 Å². The van der Waals surface area contributed by atoms with Gasteiger partial charge in [0.25, 0.3) is 5.91 Å². The minimum absolute atomic E-state index is 0.204. The van der Waals surface area contributed by atoms with Gasteiger partial charge in [-0.2, -0.15) is 4.98 Å². The number of halogens is 1. The smallest absolute Gasteiger partial charge is 0.339 e. The van der Waals surface area contributed by atoms with Crippen LogP contribution in [0.25, 0.3) is 11.0 Å². The molecule has 0 bridgehead atoms. The van der Waals surface area contributed by atoms with Crippen molar-refractivity contribution in [2.24, 2.45) is 0 Å². The summed E-state index contributed by atoms with van der Waals surface area (Å²) in [7, 11) is 0. The molecule has 9 heteroatoms. The summed E-state index contributed by atoms with van der Waals surface area (Å²) in [4.78, 5) is 30.6. The van der Waals surface area contributed by atoms with E-state index in [2.05, 4.69) is 10.1 Å². The van der Waals surface area contributed by atoms with Crippen molar-refractivity contribution >= 4 is 28.5 Å². The van der Waals surface area contributed by atoms with Gasteiger partial charge in [0.15, 0.2) is 12.4 Å². The second-order valence-electron chi connectivity index (χ2n) is 7.13. The van der Waals surface area contributed by atoms with Crippen LogP contribution in [0.3, 0.4) is 0 Å². The van der Waals surface area contributed by atoms with Crippen LogP contribution in [0.5, 0.6) is 5.75 Å². The van der Waals surface area contributed by atoms with Crippen molar-refractivity contribution in [1.29, 1.82) is 0 Å². The highest BCUT2D eigenvalue weighted by molar-refractivity contribution is 6.32. The molecule has 1 atom stereocenters. The van der Waals surface area contributed by atoms with E-state index in [1.807, 2.05) is 6.92 Å². The maximum Gasteiger partial charge on any atom is 0.339 e. The van der Waals surface area contributed by atoms with E-state index < -0.39 is 5.63 Å². The summed E-state index contributed by atoms with van der Waals surface area (Å²) in [5.41, 5.74) is 1.30. The van der Waals surface area contributed by atoms with Crippen molar-refractivity contribution in [1.82, 2.24) is 15.0 Å². The Bertz CT molecular complexity index is 1150. The molecule has 3 heterocycles. The standard InChI is InChI=1S/C20H20ClN3O5/c1-10-11(2)20(26)28-16-8-17(14(21)7-13(10)16)27-9-18(25)24-6-4-5-15(24)19-22-12(3)23-29-19/h7-8,15H,4-6,9H2,1-3H3. The highest BCUT2D eigenvalue weighted by Gasteiger charge is 2.34. The zero-order valence-electron chi connectivity index (χ0n) is 16.3. The number of ether oxygens (including phenoxy) is 1. The van der Waals surface area contributed by atoms with Gasteiger partial charge in [0.1, 0.15) is 17.4 Å². The van der Waals surface area contributed by atoms with Gasteiger partial charge >= 0.3 is 5.63 Å². The summed E-state index contributed by atoms with van der Waals surface area (Å²) in [6, 6.07) is 2.98. The van der Waals surface area contributed by atoms with Gasteiger partial charge in [-0.1, -0.05) is 16.8 Å². The molecule has 0 aliphatic carbocycles. The number of aryl methyl sites for hydroxylation is 2. The molecule has 2 aromatic heterocycles. The molecule has 1 fully saturated rings. The molecule has 152 valence electrons. The first kappa shape index (κ1) is 19.4. The van der Waals surface area contributed by atoms with Crippen LogP contribution in [0.1, 0.15) is 41.7 Å². The van der Waals surface area contributed by atoms with Crippen LogP contribution >= 0.6 is 11.6 Å². The fraction of sp³-hybridized carbons (Fsp3) is 0.400. The molecule has 0 radical (unpaired) electrons. The zero-order valence-corrected chi connectivity index (χ0v) is 17.1. The third kappa shape index (κ3) is 3.60. The van der Waals surface area contributed by atoms with Crippen molar-refractivity contribution in [3.05, 3.63) is 50.4 Å². The molecule has 8 nitrogen and oxygen atoms in total. The molecule has 1 aliphatic heterocycles. The number of amides is 1. The topological polar surface area (TPSA) is 98.7 Å². The fourth-order valence-electron chi connectivity index (χ4n) is 3.55. The lowest BCUT2D eigenvalue weighted by atomic mass is 10.1. The molecule has 1 amide bonds. The molecular formula is C20H20ClN3O5. The summed E-state index contributed by atoms with van der Waals surface area (Å²) in [5, 5.41) is 4.87. The van der Waals surface area contributed by atoms with Crippen LogP contribution < -0.4 is 10.4 Å². The van der Waals surface area contributed by atoms with Gasteiger partial charge in [0, 0.05) is 23.6 Å². The first-order chi connectivity index (χ1) is 13.8. The molecule has 1 aliphatic rings. The molecule has 1 aromatic carbocycles. The number of hydrogen-bond acceptors (Lipinski definition) is 7. The SMILES string of the molecule is Cc1noc(C2CCCN2C(=O)COc2cc3oc(=O)c(C)c(C)c3cc2Cl)n1. The van der Waals surface area contributed by atoms with E-state index in [9.17, 15) is 9.59 Å². The lowest BCUT2D eigenvalue weighted by Gasteiger charge is -2.22. The second kappa shape index (κ2) is 7.51. The van der Waals surface area contributed by atoms with Gasteiger partial charge in [-0.05, 0) is 45.2 Å². The summed E-state index contributed by atoms with van der Waals surface area (Å²) in [6.45, 7) is 5.66. The van der Waals surface area contributed by atoms with Crippen molar-refractivity contribution in [3.63, 3.8) is 0 Å². The molecule has 0 spiro atoms. The molecule has 29 heavy (non-hydrogen) atoms. The van der Waals surface area contributed by atoms with Crippen LogP contribution in [0.15, 0.2) is 25.9 Å². The summed E-state index contributed by atoms with van der Waals surface area (Å²) in [5.74, 6) is 1.04. The van der Waals surface area contributed by atoms with Crippen molar-refractivity contribution in [2.45, 2.75) is 39.7 Å². The maximum atomic E-state index is 12.7. The Labute approximate surface area is 171 Å². The van der Waals surface area contributed by atoms with E-state index >= 15 is 0 Å². The Hall–Kier alpha value is -2.87. The Morgan fingerprint density at radius 1 is 1.31 bits per heavy atom. The monoisotopic (exact) mass is 417 g/mol. The third-order valence-corrected chi connectivity index (χ3v) is 5.56. The Kier molecular flexibility index (Phi) is 5.04. The van der Waals surface area contributed by atoms with Crippen LogP contribution in [-0.4, -0.2) is 34.1 Å². The number of benzene rings is 1. The number of fused-ring (bicyclic) bond motifs is 1. The number of nitrogens with zero attached hydrogens (tertiary/aromatic N) is 3. The Balaban J connectivity index is 1.53. The van der Waals surface area contributed by atoms with Gasteiger partial charge in [-0.15, -0.1) is 0 Å². The summed E-state index contributed by atoms with van der Waals surface area (Å²) >= 11 is 6.33. The van der Waals surface area contributed by atoms with Crippen molar-refractivity contribution in [2.75, 3.05) is 13.2 Å². The van der Waals surface area contributed by atoms with E-state index in [1.54, 1.807) is 30.9 Å². The fourth-order valence-corrected chi connectivity index (χ4v) is 3.77. The molecule has 1 unspecified atom stereocenters. The number of carbonyl (C=O) groups is 1. The normalized spacial score (nSPS) is 16.6. The van der Waals surface area contributed by atoms with Gasteiger partial charge in [0.05, 0.1) is 5.02 Å². The van der Waals surface area contributed by atoms with Crippen molar-refractivity contribution < 1.29 is 18.5 Å². The van der Waals surface area contributed by atoms with E-state index in [-0.39, 0.29) is 24.3 Å². The zero-order chi connectivity index (χ0) is 20.7. The van der Waals surface area contributed by atoms with E-state index in [0.717, 1.165) is 23.8 Å². The average Bonchev–Trinajstić information content (AvgIpc) is 3.34. The highest BCUT2D eigenvalue weighted by atomic mass is 35.5. The largest absolute Gasteiger partial charge is 0.482 e. The molecule has 3 aromatic rings. The van der Waals surface area contributed by atoms with Crippen LogP contribution in [0, 0.1) is 20.8 Å². The predicted octanol–water partition coefficient (Wildman–Crippen LogP) is 3.50. The lowest BCUT2D eigenvalue weighted by molar-refractivity contribution is -0.134. The first-order valence-electron chi connectivity index (χ1n) is 9.31. The molecule has 1 saturated heterocycles. The van der Waals surface area contributed by atoms with Gasteiger partial charge < -0.3 is 18.6 Å². The molecule has 0 saturated carbocycles. The van der Waals surface area contributed by atoms with Gasteiger partial charge in [0.2, 0.25) is 5.89 Å². The Morgan fingerprint density at radius 2 is 2.10 bits per heavy atom. The quantitative estimate of drug-likeness (QED) is 0.599.